The normalized spacial score (nSPS) is 11.0. The lowest BCUT2D eigenvalue weighted by Gasteiger charge is -2.09. The first-order chi connectivity index (χ1) is 9.58. The number of aromatic amines is 1. The minimum absolute atomic E-state index is 0.614. The molecule has 106 valence electrons. The number of hydrogen-bond donors (Lipinski definition) is 1. The van der Waals surface area contributed by atoms with E-state index in [4.69, 9.17) is 12.2 Å². The first-order valence-electron chi connectivity index (χ1n) is 6.49. The van der Waals surface area contributed by atoms with Crippen molar-refractivity contribution in [3.05, 3.63) is 45.3 Å². The molecule has 0 aliphatic heterocycles. The molecular weight excluding hydrogens is 352 g/mol. The van der Waals surface area contributed by atoms with Gasteiger partial charge in [-0.1, -0.05) is 56.4 Å². The Morgan fingerprint density at radius 2 is 2.00 bits per heavy atom. The summed E-state index contributed by atoms with van der Waals surface area (Å²) in [7, 11) is 0. The van der Waals surface area contributed by atoms with Gasteiger partial charge in [-0.05, 0) is 33.2 Å². The highest BCUT2D eigenvalue weighted by atomic mass is 79.9. The third-order valence-corrected chi connectivity index (χ3v) is 5.38. The second-order valence-electron chi connectivity index (χ2n) is 4.95. The Morgan fingerprint density at radius 3 is 2.65 bits per heavy atom. The maximum atomic E-state index is 5.34. The van der Waals surface area contributed by atoms with E-state index in [-0.39, 0.29) is 0 Å². The van der Waals surface area contributed by atoms with Crippen molar-refractivity contribution in [2.45, 2.75) is 19.6 Å². The van der Waals surface area contributed by atoms with E-state index in [2.05, 4.69) is 51.9 Å². The first kappa shape index (κ1) is 15.7. The van der Waals surface area contributed by atoms with Crippen LogP contribution in [0.5, 0.6) is 0 Å². The van der Waals surface area contributed by atoms with Crippen molar-refractivity contribution in [2.24, 2.45) is 5.92 Å². The van der Waals surface area contributed by atoms with Gasteiger partial charge in [-0.3, -0.25) is 0 Å². The zero-order chi connectivity index (χ0) is 14.5. The van der Waals surface area contributed by atoms with Gasteiger partial charge in [0.1, 0.15) is 10.5 Å². The highest BCUT2D eigenvalue weighted by Crippen LogP contribution is 2.27. The van der Waals surface area contributed by atoms with Crippen LogP contribution in [0.25, 0.3) is 11.3 Å². The maximum Gasteiger partial charge on any atom is 0.144 e. The molecule has 0 aliphatic carbocycles. The number of halogens is 1. The van der Waals surface area contributed by atoms with Crippen molar-refractivity contribution in [1.82, 2.24) is 9.97 Å². The van der Waals surface area contributed by atoms with Gasteiger partial charge in [0.15, 0.2) is 0 Å². The van der Waals surface area contributed by atoms with Gasteiger partial charge in [-0.25, -0.2) is 4.98 Å². The summed E-state index contributed by atoms with van der Waals surface area (Å²) in [6.45, 7) is 4.44. The van der Waals surface area contributed by atoms with Crippen molar-refractivity contribution in [3.63, 3.8) is 0 Å². The predicted octanol–water partition coefficient (Wildman–Crippen LogP) is 5.46. The minimum Gasteiger partial charge on any atom is -0.342 e. The van der Waals surface area contributed by atoms with Gasteiger partial charge < -0.3 is 4.98 Å². The fraction of sp³-hybridized carbons (Fsp3) is 0.333. The Hall–Kier alpha value is -0.650. The topological polar surface area (TPSA) is 28.7 Å². The molecule has 1 aromatic heterocycles. The molecule has 0 saturated heterocycles. The molecule has 0 amide bonds. The summed E-state index contributed by atoms with van der Waals surface area (Å²) in [4.78, 5) is 7.85. The lowest BCUT2D eigenvalue weighted by molar-refractivity contribution is 0.749. The first-order valence-corrected chi connectivity index (χ1v) is 8.85. The molecule has 0 radical (unpaired) electrons. The highest BCUT2D eigenvalue weighted by Gasteiger charge is 2.08. The summed E-state index contributed by atoms with van der Waals surface area (Å²) in [6.07, 6.45) is 0. The quantitative estimate of drug-likeness (QED) is 0.710. The summed E-state index contributed by atoms with van der Waals surface area (Å²) in [5.41, 5.74) is 2.12. The zero-order valence-corrected chi connectivity index (χ0v) is 14.7. The lowest BCUT2D eigenvalue weighted by atomic mass is 10.1. The number of aromatic nitrogens is 2. The minimum atomic E-state index is 0.614. The molecule has 0 atom stereocenters. The third kappa shape index (κ3) is 4.17. The fourth-order valence-corrected chi connectivity index (χ4v) is 3.32. The Morgan fingerprint density at radius 1 is 1.30 bits per heavy atom. The Balaban J connectivity index is 2.29. The van der Waals surface area contributed by atoms with Gasteiger partial charge >= 0.3 is 0 Å². The maximum absolute atomic E-state index is 5.34. The number of nitrogens with zero attached hydrogens (tertiary/aromatic N) is 1. The van der Waals surface area contributed by atoms with Gasteiger partial charge in [-0.15, -0.1) is 0 Å². The summed E-state index contributed by atoms with van der Waals surface area (Å²) in [6, 6.07) is 10.2. The largest absolute Gasteiger partial charge is 0.342 e. The SMILES string of the molecule is CC(C)CSCc1nc(=S)c(Br)c(-c2ccccc2)[nH]1. The number of nitrogens with one attached hydrogen (secondary N) is 1. The van der Waals surface area contributed by atoms with Gasteiger partial charge in [0.2, 0.25) is 0 Å². The van der Waals surface area contributed by atoms with Crippen molar-refractivity contribution in [3.8, 4) is 11.3 Å². The van der Waals surface area contributed by atoms with Crippen LogP contribution in [0, 0.1) is 10.6 Å². The van der Waals surface area contributed by atoms with Crippen LogP contribution in [0.1, 0.15) is 19.7 Å². The molecule has 2 rings (SSSR count). The van der Waals surface area contributed by atoms with Crippen molar-refractivity contribution >= 4 is 39.9 Å². The lowest BCUT2D eigenvalue weighted by Crippen LogP contribution is -1.99. The van der Waals surface area contributed by atoms with Crippen LogP contribution in [0.2, 0.25) is 0 Å². The molecule has 1 aromatic carbocycles. The molecule has 0 bridgehead atoms. The molecule has 20 heavy (non-hydrogen) atoms. The van der Waals surface area contributed by atoms with Gasteiger partial charge in [0, 0.05) is 0 Å². The molecule has 5 heteroatoms. The van der Waals surface area contributed by atoms with Crippen LogP contribution in [-0.2, 0) is 5.75 Å². The zero-order valence-electron chi connectivity index (χ0n) is 11.5. The molecule has 2 nitrogen and oxygen atoms in total. The Labute approximate surface area is 137 Å². The van der Waals surface area contributed by atoms with E-state index in [1.54, 1.807) is 0 Å². The molecule has 2 aromatic rings. The predicted molar refractivity (Wildman–Crippen MR) is 93.6 cm³/mol. The number of hydrogen-bond acceptors (Lipinski definition) is 3. The molecule has 0 saturated carbocycles. The molecule has 1 heterocycles. The van der Waals surface area contributed by atoms with E-state index >= 15 is 0 Å². The van der Waals surface area contributed by atoms with Crippen molar-refractivity contribution in [1.29, 1.82) is 0 Å². The molecule has 0 unspecified atom stereocenters. The fourth-order valence-electron chi connectivity index (χ4n) is 1.77. The Bertz CT molecular complexity index is 624. The molecule has 0 aliphatic rings. The van der Waals surface area contributed by atoms with E-state index in [0.717, 1.165) is 33.1 Å². The van der Waals surface area contributed by atoms with Crippen LogP contribution >= 0.6 is 39.9 Å². The summed E-state index contributed by atoms with van der Waals surface area (Å²) in [5, 5.41) is 0. The average Bonchev–Trinajstić information content (AvgIpc) is 2.43. The van der Waals surface area contributed by atoms with E-state index in [9.17, 15) is 0 Å². The number of benzene rings is 1. The molecule has 0 spiro atoms. The second kappa shape index (κ2) is 7.38. The monoisotopic (exact) mass is 368 g/mol. The Kier molecular flexibility index (Phi) is 5.81. The molecular formula is C15H17BrN2S2. The summed E-state index contributed by atoms with van der Waals surface area (Å²) < 4.78 is 1.47. The molecule has 1 N–H and O–H groups in total. The van der Waals surface area contributed by atoms with Gasteiger partial charge in [0.25, 0.3) is 0 Å². The molecule has 0 fully saturated rings. The number of rotatable bonds is 5. The van der Waals surface area contributed by atoms with Crippen molar-refractivity contribution in [2.75, 3.05) is 5.75 Å². The van der Waals surface area contributed by atoms with E-state index in [1.807, 2.05) is 30.0 Å². The van der Waals surface area contributed by atoms with Crippen LogP contribution in [-0.4, -0.2) is 15.7 Å². The second-order valence-corrected chi connectivity index (χ2v) is 7.16. The summed E-state index contributed by atoms with van der Waals surface area (Å²) in [5.74, 6) is 3.60. The number of thioether (sulfide) groups is 1. The van der Waals surface area contributed by atoms with Crippen LogP contribution in [0.4, 0.5) is 0 Å². The van der Waals surface area contributed by atoms with Gasteiger partial charge in [-0.2, -0.15) is 11.8 Å². The smallest absolute Gasteiger partial charge is 0.144 e. The van der Waals surface area contributed by atoms with E-state index in [0.29, 0.717) is 10.6 Å². The average molecular weight is 369 g/mol. The van der Waals surface area contributed by atoms with Crippen LogP contribution in [0.15, 0.2) is 34.8 Å². The van der Waals surface area contributed by atoms with E-state index < -0.39 is 0 Å². The highest BCUT2D eigenvalue weighted by molar-refractivity contribution is 9.10. The third-order valence-electron chi connectivity index (χ3n) is 2.67. The van der Waals surface area contributed by atoms with Gasteiger partial charge in [0.05, 0.1) is 15.9 Å². The van der Waals surface area contributed by atoms with Crippen LogP contribution in [0.3, 0.4) is 0 Å². The van der Waals surface area contributed by atoms with Crippen molar-refractivity contribution < 1.29 is 0 Å². The summed E-state index contributed by atoms with van der Waals surface area (Å²) >= 11 is 10.8. The van der Waals surface area contributed by atoms with Crippen LogP contribution < -0.4 is 0 Å². The standard InChI is InChI=1S/C15H17BrN2S2/c1-10(2)8-20-9-12-17-14(13(16)15(19)18-12)11-6-4-3-5-7-11/h3-7,10H,8-9H2,1-2H3,(H,17,18,19). The van der Waals surface area contributed by atoms with E-state index in [1.165, 1.54) is 0 Å². The number of H-pyrrole nitrogens is 1.